The van der Waals surface area contributed by atoms with Crippen molar-refractivity contribution in [3.05, 3.63) is 29.8 Å². The van der Waals surface area contributed by atoms with Crippen molar-refractivity contribution in [3.8, 4) is 11.8 Å². The van der Waals surface area contributed by atoms with Crippen LogP contribution < -0.4 is 4.74 Å². The number of Topliss-reactive ketones (excluding diaryl/α,β-unsaturated/α-hetero) is 1. The van der Waals surface area contributed by atoms with Gasteiger partial charge in [0.25, 0.3) is 0 Å². The molecule has 3 heteroatoms. The summed E-state index contributed by atoms with van der Waals surface area (Å²) in [4.78, 5) is 12.1. The van der Waals surface area contributed by atoms with E-state index in [1.807, 2.05) is 41.5 Å². The molecule has 0 aliphatic heterocycles. The highest BCUT2D eigenvalue weighted by Gasteiger charge is 2.25. The smallest absolute Gasteiger partial charge is 0.142 e. The molecule has 0 saturated carbocycles. The number of hydrogen-bond donors (Lipinski definition) is 0. The molecule has 1 rings (SSSR count). The summed E-state index contributed by atoms with van der Waals surface area (Å²) >= 11 is 0. The van der Waals surface area contributed by atoms with E-state index in [1.165, 1.54) is 0 Å². The first-order valence-electron chi connectivity index (χ1n) is 7.62. The Hall–Kier alpha value is -1.82. The van der Waals surface area contributed by atoms with Crippen LogP contribution in [0.1, 0.15) is 47.1 Å². The van der Waals surface area contributed by atoms with E-state index in [4.69, 9.17) is 10.00 Å². The van der Waals surface area contributed by atoms with Gasteiger partial charge in [-0.15, -0.1) is 0 Å². The van der Waals surface area contributed by atoms with E-state index in [9.17, 15) is 4.79 Å². The average molecular weight is 289 g/mol. The normalized spacial score (nSPS) is 11.4. The minimum Gasteiger partial charge on any atom is -0.493 e. The van der Waals surface area contributed by atoms with Crippen LogP contribution in [0.25, 0.3) is 0 Å². The third-order valence-electron chi connectivity index (χ3n) is 3.13. The molecule has 0 heterocycles. The number of benzene rings is 1. The maximum Gasteiger partial charge on any atom is 0.142 e. The summed E-state index contributed by atoms with van der Waals surface area (Å²) < 4.78 is 5.67. The van der Waals surface area contributed by atoms with Gasteiger partial charge in [0.15, 0.2) is 0 Å². The molecule has 0 spiro atoms. The van der Waals surface area contributed by atoms with Crippen LogP contribution in [0.15, 0.2) is 24.3 Å². The second kappa shape index (κ2) is 9.99. The van der Waals surface area contributed by atoms with Crippen LogP contribution in [0.2, 0.25) is 0 Å². The van der Waals surface area contributed by atoms with E-state index >= 15 is 0 Å². The molecular weight excluding hydrogens is 262 g/mol. The third-order valence-corrected chi connectivity index (χ3v) is 3.13. The lowest BCUT2D eigenvalue weighted by Gasteiger charge is -2.21. The highest BCUT2D eigenvalue weighted by Crippen LogP contribution is 2.20. The van der Waals surface area contributed by atoms with E-state index in [2.05, 4.69) is 6.07 Å². The molecule has 1 aromatic carbocycles. The number of carbonyl (C=O) groups excluding carboxylic acids is 1. The topological polar surface area (TPSA) is 50.1 Å². The summed E-state index contributed by atoms with van der Waals surface area (Å²) in [5.41, 5.74) is 0.564. The highest BCUT2D eigenvalue weighted by atomic mass is 16.5. The fourth-order valence-electron chi connectivity index (χ4n) is 1.87. The van der Waals surface area contributed by atoms with Crippen LogP contribution in [-0.2, 0) is 4.79 Å². The molecule has 3 nitrogen and oxygen atoms in total. The minimum atomic E-state index is -0.106. The Bertz CT molecular complexity index is 472. The summed E-state index contributed by atoms with van der Waals surface area (Å²) in [5.74, 6) is 1.02. The van der Waals surface area contributed by atoms with Crippen molar-refractivity contribution in [2.24, 2.45) is 17.8 Å². The van der Waals surface area contributed by atoms with Gasteiger partial charge < -0.3 is 4.74 Å². The molecule has 0 amide bonds. The number of hydrogen-bond acceptors (Lipinski definition) is 3. The van der Waals surface area contributed by atoms with Crippen LogP contribution in [-0.4, -0.2) is 12.4 Å². The van der Waals surface area contributed by atoms with E-state index in [0.717, 1.165) is 0 Å². The molecule has 116 valence electrons. The third kappa shape index (κ3) is 6.44. The Kier molecular flexibility index (Phi) is 9.12. The summed E-state index contributed by atoms with van der Waals surface area (Å²) in [6.07, 6.45) is 0. The number of rotatable bonds is 6. The predicted molar refractivity (Wildman–Crippen MR) is 86.2 cm³/mol. The molecule has 0 aliphatic carbocycles. The summed E-state index contributed by atoms with van der Waals surface area (Å²) in [6.45, 7) is 12.2. The van der Waals surface area contributed by atoms with Crippen molar-refractivity contribution in [2.45, 2.75) is 41.5 Å². The Labute approximate surface area is 128 Å². The van der Waals surface area contributed by atoms with Gasteiger partial charge in [0.1, 0.15) is 11.5 Å². The van der Waals surface area contributed by atoms with Gasteiger partial charge in [-0.05, 0) is 24.1 Å². The SMILES string of the molecule is CC.CC(C)C(=O)C(COc1cccc(C#N)c1)C(C)C. The Balaban J connectivity index is 0.00000191. The molecule has 1 atom stereocenters. The van der Waals surface area contributed by atoms with Gasteiger partial charge in [-0.25, -0.2) is 0 Å². The van der Waals surface area contributed by atoms with Gasteiger partial charge in [0.05, 0.1) is 24.2 Å². The van der Waals surface area contributed by atoms with Gasteiger partial charge in [0, 0.05) is 5.92 Å². The van der Waals surface area contributed by atoms with Crippen LogP contribution in [0, 0.1) is 29.1 Å². The zero-order valence-corrected chi connectivity index (χ0v) is 14.0. The van der Waals surface area contributed by atoms with E-state index in [0.29, 0.717) is 17.9 Å². The molecule has 1 aromatic rings. The summed E-state index contributed by atoms with van der Waals surface area (Å²) in [7, 11) is 0. The Morgan fingerprint density at radius 1 is 1.24 bits per heavy atom. The molecule has 0 aromatic heterocycles. The maximum absolute atomic E-state index is 12.1. The fourth-order valence-corrected chi connectivity index (χ4v) is 1.87. The molecule has 1 unspecified atom stereocenters. The monoisotopic (exact) mass is 289 g/mol. The second-order valence-corrected chi connectivity index (χ2v) is 5.36. The first kappa shape index (κ1) is 19.2. The first-order valence-corrected chi connectivity index (χ1v) is 7.62. The van der Waals surface area contributed by atoms with Crippen molar-refractivity contribution < 1.29 is 9.53 Å². The summed E-state index contributed by atoms with van der Waals surface area (Å²) in [5, 5.41) is 8.83. The zero-order chi connectivity index (χ0) is 16.4. The zero-order valence-electron chi connectivity index (χ0n) is 14.0. The first-order chi connectivity index (χ1) is 9.95. The molecule has 21 heavy (non-hydrogen) atoms. The van der Waals surface area contributed by atoms with E-state index < -0.39 is 0 Å². The minimum absolute atomic E-state index is 0.0152. The molecule has 0 N–H and O–H groups in total. The number of ether oxygens (including phenoxy) is 1. The fraction of sp³-hybridized carbons (Fsp3) is 0.556. The number of carbonyl (C=O) groups is 1. The number of nitrogens with zero attached hydrogens (tertiary/aromatic N) is 1. The predicted octanol–water partition coefficient (Wildman–Crippen LogP) is 4.46. The van der Waals surface area contributed by atoms with Crippen molar-refractivity contribution in [2.75, 3.05) is 6.61 Å². The van der Waals surface area contributed by atoms with Crippen molar-refractivity contribution in [1.82, 2.24) is 0 Å². The maximum atomic E-state index is 12.1. The highest BCUT2D eigenvalue weighted by molar-refractivity contribution is 5.83. The summed E-state index contributed by atoms with van der Waals surface area (Å²) in [6, 6.07) is 9.08. The molecule has 0 bridgehead atoms. The number of ketones is 1. The van der Waals surface area contributed by atoms with Crippen LogP contribution in [0.3, 0.4) is 0 Å². The van der Waals surface area contributed by atoms with Crippen molar-refractivity contribution in [3.63, 3.8) is 0 Å². The van der Waals surface area contributed by atoms with Crippen LogP contribution >= 0.6 is 0 Å². The lowest BCUT2D eigenvalue weighted by atomic mass is 9.87. The lowest BCUT2D eigenvalue weighted by molar-refractivity contribution is -0.128. The Morgan fingerprint density at radius 2 is 1.86 bits per heavy atom. The van der Waals surface area contributed by atoms with Gasteiger partial charge in [-0.1, -0.05) is 47.6 Å². The molecule has 0 aliphatic rings. The van der Waals surface area contributed by atoms with Gasteiger partial charge in [-0.2, -0.15) is 5.26 Å². The Morgan fingerprint density at radius 3 is 2.33 bits per heavy atom. The molecule has 0 saturated heterocycles. The van der Waals surface area contributed by atoms with Crippen LogP contribution in [0.4, 0.5) is 0 Å². The number of nitriles is 1. The molecule has 0 fully saturated rings. The lowest BCUT2D eigenvalue weighted by Crippen LogP contribution is -2.30. The van der Waals surface area contributed by atoms with Gasteiger partial charge in [-0.3, -0.25) is 4.79 Å². The standard InChI is InChI=1S/C16H21NO2.C2H6/c1-11(2)15(16(18)12(3)4)10-19-14-7-5-6-13(8-14)9-17;1-2/h5-8,11-12,15H,10H2,1-4H3;1-2H3. The van der Waals surface area contributed by atoms with E-state index in [-0.39, 0.29) is 23.5 Å². The van der Waals surface area contributed by atoms with Crippen molar-refractivity contribution in [1.29, 1.82) is 5.26 Å². The van der Waals surface area contributed by atoms with Gasteiger partial charge >= 0.3 is 0 Å². The van der Waals surface area contributed by atoms with Crippen molar-refractivity contribution >= 4 is 5.78 Å². The molecule has 0 radical (unpaired) electrons. The van der Waals surface area contributed by atoms with E-state index in [1.54, 1.807) is 24.3 Å². The molecular formula is C18H27NO2. The quantitative estimate of drug-likeness (QED) is 0.776. The average Bonchev–Trinajstić information content (AvgIpc) is 2.49. The van der Waals surface area contributed by atoms with Gasteiger partial charge in [0.2, 0.25) is 0 Å². The van der Waals surface area contributed by atoms with Crippen LogP contribution in [0.5, 0.6) is 5.75 Å². The largest absolute Gasteiger partial charge is 0.493 e. The second-order valence-electron chi connectivity index (χ2n) is 5.36.